The van der Waals surface area contributed by atoms with Gasteiger partial charge in [0.25, 0.3) is 5.91 Å². The van der Waals surface area contributed by atoms with Crippen LogP contribution in [0, 0.1) is 18.6 Å². The largest absolute Gasteiger partial charge is 0.389 e. The van der Waals surface area contributed by atoms with Gasteiger partial charge in [0.05, 0.1) is 18.3 Å². The molecule has 1 unspecified atom stereocenters. The number of methoxy groups -OCH3 is 1. The summed E-state index contributed by atoms with van der Waals surface area (Å²) in [6.07, 6.45) is -0.877. The third-order valence-electron chi connectivity index (χ3n) is 2.67. The van der Waals surface area contributed by atoms with Crippen LogP contribution < -0.4 is 0 Å². The van der Waals surface area contributed by atoms with E-state index in [-0.39, 0.29) is 24.3 Å². The van der Waals surface area contributed by atoms with Crippen molar-refractivity contribution in [3.05, 3.63) is 34.9 Å². The Hall–Kier alpha value is -1.53. The highest BCUT2D eigenvalue weighted by atomic mass is 19.1. The first-order chi connectivity index (χ1) is 8.86. The van der Waals surface area contributed by atoms with Crippen molar-refractivity contribution >= 4 is 5.91 Å². The molecule has 1 rings (SSSR count). The number of benzene rings is 1. The SMILES string of the molecule is COCC(O)CN(C)C(=O)c1cc(F)c(C)cc1F. The molecule has 0 aliphatic rings. The van der Waals surface area contributed by atoms with Gasteiger partial charge >= 0.3 is 0 Å². The van der Waals surface area contributed by atoms with E-state index < -0.39 is 23.6 Å². The Morgan fingerprint density at radius 1 is 1.42 bits per heavy atom. The van der Waals surface area contributed by atoms with Gasteiger partial charge in [-0.15, -0.1) is 0 Å². The summed E-state index contributed by atoms with van der Waals surface area (Å²) in [5, 5.41) is 9.50. The lowest BCUT2D eigenvalue weighted by molar-refractivity contribution is 0.0378. The van der Waals surface area contributed by atoms with E-state index in [2.05, 4.69) is 0 Å². The Morgan fingerprint density at radius 2 is 2.05 bits per heavy atom. The standard InChI is InChI=1S/C13H17F2NO3/c1-8-4-12(15)10(5-11(8)14)13(18)16(2)6-9(17)7-19-3/h4-5,9,17H,6-7H2,1-3H3. The van der Waals surface area contributed by atoms with Crippen molar-refractivity contribution in [3.8, 4) is 0 Å². The lowest BCUT2D eigenvalue weighted by atomic mass is 10.1. The molecule has 0 radical (unpaired) electrons. The van der Waals surface area contributed by atoms with Crippen molar-refractivity contribution in [1.29, 1.82) is 0 Å². The van der Waals surface area contributed by atoms with E-state index in [9.17, 15) is 18.7 Å². The van der Waals surface area contributed by atoms with Gasteiger partial charge in [0.2, 0.25) is 0 Å². The minimum atomic E-state index is -0.877. The lowest BCUT2D eigenvalue weighted by Gasteiger charge is -2.21. The van der Waals surface area contributed by atoms with Crippen LogP contribution in [-0.2, 0) is 4.74 Å². The average molecular weight is 273 g/mol. The molecule has 106 valence electrons. The molecule has 0 aliphatic carbocycles. The Morgan fingerprint density at radius 3 is 2.63 bits per heavy atom. The molecule has 1 N–H and O–H groups in total. The second kappa shape index (κ2) is 6.58. The molecule has 0 aliphatic heterocycles. The van der Waals surface area contributed by atoms with Gasteiger partial charge in [-0.1, -0.05) is 0 Å². The van der Waals surface area contributed by atoms with E-state index in [1.165, 1.54) is 21.1 Å². The summed E-state index contributed by atoms with van der Waals surface area (Å²) >= 11 is 0. The molecule has 0 saturated heterocycles. The Bertz CT molecular complexity index is 465. The van der Waals surface area contributed by atoms with Gasteiger partial charge in [0, 0.05) is 20.7 Å². The molecule has 0 spiro atoms. The molecule has 1 aromatic rings. The van der Waals surface area contributed by atoms with Crippen LogP contribution in [0.4, 0.5) is 8.78 Å². The summed E-state index contributed by atoms with van der Waals surface area (Å²) in [4.78, 5) is 13.1. The minimum Gasteiger partial charge on any atom is -0.389 e. The third kappa shape index (κ3) is 3.97. The van der Waals surface area contributed by atoms with E-state index >= 15 is 0 Å². The number of aliphatic hydroxyl groups excluding tert-OH is 1. The van der Waals surface area contributed by atoms with Crippen LogP contribution in [0.2, 0.25) is 0 Å². The van der Waals surface area contributed by atoms with E-state index in [0.717, 1.165) is 17.0 Å². The number of hydrogen-bond acceptors (Lipinski definition) is 3. The van der Waals surface area contributed by atoms with Crippen LogP contribution in [0.1, 0.15) is 15.9 Å². The fraction of sp³-hybridized carbons (Fsp3) is 0.462. The zero-order chi connectivity index (χ0) is 14.6. The number of aliphatic hydroxyl groups is 1. The van der Waals surface area contributed by atoms with Crippen molar-refractivity contribution in [2.45, 2.75) is 13.0 Å². The highest BCUT2D eigenvalue weighted by Gasteiger charge is 2.20. The predicted molar refractivity (Wildman–Crippen MR) is 65.9 cm³/mol. The van der Waals surface area contributed by atoms with Crippen molar-refractivity contribution in [3.63, 3.8) is 0 Å². The number of carbonyl (C=O) groups is 1. The van der Waals surface area contributed by atoms with Gasteiger partial charge < -0.3 is 14.7 Å². The van der Waals surface area contributed by atoms with Gasteiger partial charge in [0.1, 0.15) is 11.6 Å². The predicted octanol–water partition coefficient (Wildman–Crippen LogP) is 1.35. The number of halogens is 2. The summed E-state index contributed by atoms with van der Waals surface area (Å²) in [5.41, 5.74) is -0.216. The van der Waals surface area contributed by atoms with Crippen molar-refractivity contribution in [2.75, 3.05) is 27.3 Å². The van der Waals surface area contributed by atoms with E-state index in [1.54, 1.807) is 0 Å². The lowest BCUT2D eigenvalue weighted by Crippen LogP contribution is -2.36. The zero-order valence-corrected chi connectivity index (χ0v) is 11.1. The van der Waals surface area contributed by atoms with Crippen molar-refractivity contribution < 1.29 is 23.4 Å². The molecular weight excluding hydrogens is 256 g/mol. The molecule has 0 saturated carbocycles. The van der Waals surface area contributed by atoms with Crippen LogP contribution in [0.3, 0.4) is 0 Å². The summed E-state index contributed by atoms with van der Waals surface area (Å²) in [6.45, 7) is 1.45. The van der Waals surface area contributed by atoms with Gasteiger partial charge in [-0.05, 0) is 24.6 Å². The fourth-order valence-electron chi connectivity index (χ4n) is 1.66. The second-order valence-corrected chi connectivity index (χ2v) is 4.38. The summed E-state index contributed by atoms with van der Waals surface area (Å²) in [6, 6.07) is 1.84. The maximum atomic E-state index is 13.6. The number of hydrogen-bond donors (Lipinski definition) is 1. The number of rotatable bonds is 5. The Labute approximate surface area is 110 Å². The molecule has 0 heterocycles. The minimum absolute atomic E-state index is 0.0262. The topological polar surface area (TPSA) is 49.8 Å². The third-order valence-corrected chi connectivity index (χ3v) is 2.67. The van der Waals surface area contributed by atoms with Crippen molar-refractivity contribution in [1.82, 2.24) is 4.90 Å². The number of aryl methyl sites for hydroxylation is 1. The smallest absolute Gasteiger partial charge is 0.256 e. The van der Waals surface area contributed by atoms with Crippen molar-refractivity contribution in [2.24, 2.45) is 0 Å². The summed E-state index contributed by atoms with van der Waals surface area (Å²) in [7, 11) is 2.82. The first-order valence-corrected chi connectivity index (χ1v) is 5.75. The van der Waals surface area contributed by atoms with Gasteiger partial charge in [-0.2, -0.15) is 0 Å². The highest BCUT2D eigenvalue weighted by molar-refractivity contribution is 5.94. The molecular formula is C13H17F2NO3. The number of nitrogens with zero attached hydrogens (tertiary/aromatic N) is 1. The van der Waals surface area contributed by atoms with E-state index in [4.69, 9.17) is 4.74 Å². The molecule has 6 heteroatoms. The molecule has 1 aromatic carbocycles. The number of carbonyl (C=O) groups excluding carboxylic acids is 1. The molecule has 19 heavy (non-hydrogen) atoms. The first-order valence-electron chi connectivity index (χ1n) is 5.75. The van der Waals surface area contributed by atoms with E-state index in [0.29, 0.717) is 0 Å². The first kappa shape index (κ1) is 15.5. The summed E-state index contributed by atoms with van der Waals surface area (Å²) in [5.74, 6) is -2.11. The van der Waals surface area contributed by atoms with Crippen LogP contribution in [-0.4, -0.2) is 49.3 Å². The number of ether oxygens (including phenoxy) is 1. The van der Waals surface area contributed by atoms with Gasteiger partial charge in [-0.25, -0.2) is 8.78 Å². The van der Waals surface area contributed by atoms with Gasteiger partial charge in [-0.3, -0.25) is 4.79 Å². The Kier molecular flexibility index (Phi) is 5.38. The monoisotopic (exact) mass is 273 g/mol. The number of likely N-dealkylation sites (N-methyl/N-ethyl adjacent to an activating group) is 1. The van der Waals surface area contributed by atoms with Crippen LogP contribution in [0.25, 0.3) is 0 Å². The van der Waals surface area contributed by atoms with Crippen LogP contribution >= 0.6 is 0 Å². The average Bonchev–Trinajstić information content (AvgIpc) is 2.33. The van der Waals surface area contributed by atoms with Crippen LogP contribution in [0.15, 0.2) is 12.1 Å². The molecule has 1 atom stereocenters. The molecule has 0 bridgehead atoms. The zero-order valence-electron chi connectivity index (χ0n) is 11.1. The normalized spacial score (nSPS) is 12.3. The molecule has 1 amide bonds. The highest BCUT2D eigenvalue weighted by Crippen LogP contribution is 2.15. The molecule has 4 nitrogen and oxygen atoms in total. The maximum Gasteiger partial charge on any atom is 0.256 e. The Balaban J connectivity index is 2.85. The molecule has 0 fully saturated rings. The van der Waals surface area contributed by atoms with Gasteiger partial charge in [0.15, 0.2) is 0 Å². The fourth-order valence-corrected chi connectivity index (χ4v) is 1.66. The second-order valence-electron chi connectivity index (χ2n) is 4.38. The van der Waals surface area contributed by atoms with E-state index in [1.807, 2.05) is 0 Å². The van der Waals surface area contributed by atoms with Crippen LogP contribution in [0.5, 0.6) is 0 Å². The quantitative estimate of drug-likeness (QED) is 0.881. The maximum absolute atomic E-state index is 13.6. The summed E-state index contributed by atoms with van der Waals surface area (Å²) < 4.78 is 31.7. The number of amides is 1. The molecule has 0 aromatic heterocycles.